The largest absolute Gasteiger partial charge is 0.351 e. The van der Waals surface area contributed by atoms with Crippen LogP contribution >= 0.6 is 0 Å². The summed E-state index contributed by atoms with van der Waals surface area (Å²) in [5, 5.41) is 3.44. The van der Waals surface area contributed by atoms with E-state index in [0.717, 1.165) is 0 Å². The summed E-state index contributed by atoms with van der Waals surface area (Å²) in [5.74, 6) is -0.283. The number of carbonyl (C=O) groups excluding carboxylic acids is 1. The first-order chi connectivity index (χ1) is 12.9. The van der Waals surface area contributed by atoms with E-state index >= 15 is 0 Å². The van der Waals surface area contributed by atoms with Gasteiger partial charge >= 0.3 is 0 Å². The summed E-state index contributed by atoms with van der Waals surface area (Å²) in [6.45, 7) is 0.670. The van der Waals surface area contributed by atoms with Gasteiger partial charge in [-0.3, -0.25) is 4.79 Å². The summed E-state index contributed by atoms with van der Waals surface area (Å²) in [7, 11) is 30.0. The number of amides is 1. The average molecular weight is 340 g/mol. The molecule has 1 aromatic heterocycles. The van der Waals surface area contributed by atoms with Gasteiger partial charge in [0.25, 0.3) is 5.91 Å². The van der Waals surface area contributed by atoms with Crippen LogP contribution in [0.25, 0.3) is 22.2 Å². The van der Waals surface area contributed by atoms with E-state index in [4.69, 9.17) is 45.0 Å². The Kier molecular flexibility index (Phi) is 5.52. The highest BCUT2D eigenvalue weighted by Gasteiger charge is 2.17. The molecule has 0 saturated heterocycles. The molecular formula is C18H12B5N3O. The number of hydrogen-bond donors (Lipinski definition) is 2. The molecule has 120 valence electrons. The minimum Gasteiger partial charge on any atom is -0.351 e. The zero-order chi connectivity index (χ0) is 19.7. The van der Waals surface area contributed by atoms with Gasteiger partial charge < -0.3 is 11.1 Å². The molecule has 2 aromatic carbocycles. The second kappa shape index (κ2) is 7.69. The fourth-order valence-electron chi connectivity index (χ4n) is 2.90. The molecular weight excluding hydrogens is 328 g/mol. The number of benzene rings is 2. The van der Waals surface area contributed by atoms with E-state index in [0.29, 0.717) is 40.8 Å². The van der Waals surface area contributed by atoms with Crippen molar-refractivity contribution in [1.82, 2.24) is 10.3 Å². The summed E-state index contributed by atoms with van der Waals surface area (Å²) < 4.78 is 0. The Morgan fingerprint density at radius 3 is 2.19 bits per heavy atom. The molecule has 27 heavy (non-hydrogen) atoms. The van der Waals surface area contributed by atoms with Gasteiger partial charge in [-0.25, -0.2) is 4.98 Å². The first-order valence-corrected chi connectivity index (χ1v) is 8.26. The van der Waals surface area contributed by atoms with Crippen molar-refractivity contribution in [2.24, 2.45) is 5.73 Å². The quantitative estimate of drug-likeness (QED) is 0.486. The zero-order valence-corrected chi connectivity index (χ0v) is 14.6. The van der Waals surface area contributed by atoms with Crippen LogP contribution in [0.4, 0.5) is 0 Å². The van der Waals surface area contributed by atoms with Crippen LogP contribution in [0.2, 0.25) is 0 Å². The van der Waals surface area contributed by atoms with Crippen LogP contribution in [0, 0.1) is 0 Å². The van der Waals surface area contributed by atoms with Crippen LogP contribution in [0.5, 0.6) is 0 Å². The SMILES string of the molecule is [B]c1c([B])c([B])c(-c2cc(C(=O)NCCN)c3ccccc3n2)c([B])c1[B]. The van der Waals surface area contributed by atoms with Gasteiger partial charge in [0.2, 0.25) is 0 Å². The third-order valence-corrected chi connectivity index (χ3v) is 4.35. The number of nitrogens with one attached hydrogen (secondary N) is 1. The minimum atomic E-state index is -0.283. The molecule has 3 N–H and O–H groups in total. The van der Waals surface area contributed by atoms with E-state index in [9.17, 15) is 4.79 Å². The van der Waals surface area contributed by atoms with Crippen molar-refractivity contribution in [2.45, 2.75) is 0 Å². The lowest BCUT2D eigenvalue weighted by molar-refractivity contribution is 0.0956. The lowest BCUT2D eigenvalue weighted by Gasteiger charge is -2.21. The normalized spacial score (nSPS) is 10.9. The van der Waals surface area contributed by atoms with Crippen LogP contribution in [0.15, 0.2) is 30.3 Å². The Morgan fingerprint density at radius 2 is 1.56 bits per heavy atom. The van der Waals surface area contributed by atoms with Crippen molar-refractivity contribution in [3.8, 4) is 11.3 Å². The topological polar surface area (TPSA) is 68.0 Å². The first-order valence-electron chi connectivity index (χ1n) is 8.26. The van der Waals surface area contributed by atoms with Gasteiger partial charge in [0.15, 0.2) is 0 Å². The van der Waals surface area contributed by atoms with Crippen molar-refractivity contribution >= 4 is 83.4 Å². The Bertz CT molecular complexity index is 1030. The van der Waals surface area contributed by atoms with Gasteiger partial charge in [-0.15, -0.1) is 16.4 Å². The molecule has 0 spiro atoms. The van der Waals surface area contributed by atoms with Crippen molar-refractivity contribution in [2.75, 3.05) is 13.1 Å². The number of aromatic nitrogens is 1. The van der Waals surface area contributed by atoms with Crippen LogP contribution in [0.1, 0.15) is 10.4 Å². The van der Waals surface area contributed by atoms with E-state index in [1.165, 1.54) is 0 Å². The van der Waals surface area contributed by atoms with Gasteiger partial charge in [0, 0.05) is 18.5 Å². The molecule has 0 bridgehead atoms. The molecule has 0 unspecified atom stereocenters. The maximum Gasteiger partial charge on any atom is 0.252 e. The first kappa shape index (κ1) is 19.4. The van der Waals surface area contributed by atoms with Gasteiger partial charge in [-0.2, -0.15) is 0 Å². The van der Waals surface area contributed by atoms with E-state index in [1.807, 2.05) is 18.2 Å². The summed E-state index contributed by atoms with van der Waals surface area (Å²) in [6, 6.07) is 8.84. The molecule has 0 fully saturated rings. The number of pyridine rings is 1. The lowest BCUT2D eigenvalue weighted by atomic mass is 9.60. The number of carbonyl (C=O) groups is 1. The fraction of sp³-hybridized carbons (Fsp3) is 0.111. The maximum absolute atomic E-state index is 12.6. The highest BCUT2D eigenvalue weighted by molar-refractivity contribution is 6.68. The molecule has 0 saturated carbocycles. The number of nitrogens with two attached hydrogens (primary N) is 1. The highest BCUT2D eigenvalue weighted by Crippen LogP contribution is 2.22. The molecule has 0 atom stereocenters. The molecule has 10 radical (unpaired) electrons. The Balaban J connectivity index is 2.30. The van der Waals surface area contributed by atoms with Crippen molar-refractivity contribution < 1.29 is 4.79 Å². The van der Waals surface area contributed by atoms with Crippen LogP contribution in [-0.4, -0.2) is 63.2 Å². The number of hydrogen-bond acceptors (Lipinski definition) is 3. The predicted molar refractivity (Wildman–Crippen MR) is 116 cm³/mol. The second-order valence-electron chi connectivity index (χ2n) is 6.06. The number of nitrogens with zero attached hydrogens (tertiary/aromatic N) is 1. The van der Waals surface area contributed by atoms with E-state index in [2.05, 4.69) is 10.3 Å². The van der Waals surface area contributed by atoms with Gasteiger partial charge in [0.05, 0.1) is 16.8 Å². The van der Waals surface area contributed by atoms with Crippen LogP contribution in [0.3, 0.4) is 0 Å². The minimum absolute atomic E-state index is 0.121. The lowest BCUT2D eigenvalue weighted by Crippen LogP contribution is -2.55. The summed E-state index contributed by atoms with van der Waals surface area (Å²) in [5.41, 5.74) is 7.90. The molecule has 1 amide bonds. The zero-order valence-electron chi connectivity index (χ0n) is 14.6. The number of fused-ring (bicyclic) bond motifs is 1. The third kappa shape index (κ3) is 3.44. The number of rotatable bonds is 4. The average Bonchev–Trinajstić information content (AvgIpc) is 2.68. The monoisotopic (exact) mass is 341 g/mol. The highest BCUT2D eigenvalue weighted by atomic mass is 16.1. The molecule has 0 aliphatic rings. The second-order valence-corrected chi connectivity index (χ2v) is 6.06. The molecule has 4 nitrogen and oxygen atoms in total. The maximum atomic E-state index is 12.6. The van der Waals surface area contributed by atoms with Gasteiger partial charge in [-0.1, -0.05) is 29.1 Å². The molecule has 0 aliphatic heterocycles. The Hall–Kier alpha value is -2.40. The Morgan fingerprint density at radius 1 is 0.963 bits per heavy atom. The smallest absolute Gasteiger partial charge is 0.252 e. The van der Waals surface area contributed by atoms with Crippen molar-refractivity contribution in [1.29, 1.82) is 0 Å². The van der Waals surface area contributed by atoms with E-state index in [1.54, 1.807) is 12.1 Å². The van der Waals surface area contributed by atoms with Crippen molar-refractivity contribution in [3.63, 3.8) is 0 Å². The summed E-state index contributed by atoms with van der Waals surface area (Å²) in [4.78, 5) is 17.2. The summed E-state index contributed by atoms with van der Waals surface area (Å²) in [6.07, 6.45) is 0. The predicted octanol–water partition coefficient (Wildman–Crippen LogP) is -3.44. The van der Waals surface area contributed by atoms with Crippen LogP contribution < -0.4 is 38.4 Å². The van der Waals surface area contributed by atoms with Gasteiger partial charge in [0.1, 0.15) is 39.2 Å². The molecule has 3 aromatic rings. The van der Waals surface area contributed by atoms with Crippen molar-refractivity contribution in [3.05, 3.63) is 35.9 Å². The molecule has 9 heteroatoms. The summed E-state index contributed by atoms with van der Waals surface area (Å²) >= 11 is 0. The van der Waals surface area contributed by atoms with E-state index in [-0.39, 0.29) is 33.2 Å². The van der Waals surface area contributed by atoms with Gasteiger partial charge in [-0.05, 0) is 17.7 Å². The molecule has 1 heterocycles. The standard InChI is InChI=1S/C18H12B5N3O/c19-13-12(14(20)16(22)17(23)15(13)21)11-7-9(18(27)25-6-5-24)8-3-1-2-4-10(8)26-11/h1-4,7H,5-6,24H2,(H,25,27). The van der Waals surface area contributed by atoms with E-state index < -0.39 is 0 Å². The number of para-hydroxylation sites is 1. The van der Waals surface area contributed by atoms with Crippen LogP contribution in [-0.2, 0) is 0 Å². The molecule has 3 rings (SSSR count). The fourth-order valence-corrected chi connectivity index (χ4v) is 2.90. The molecule has 0 aliphatic carbocycles. The Labute approximate surface area is 164 Å². The third-order valence-electron chi connectivity index (χ3n) is 4.35.